The van der Waals surface area contributed by atoms with E-state index in [9.17, 15) is 14.4 Å². The molecule has 0 fully saturated rings. The van der Waals surface area contributed by atoms with E-state index in [0.717, 1.165) is 5.56 Å². The van der Waals surface area contributed by atoms with Gasteiger partial charge in [-0.2, -0.15) is 0 Å². The molecule has 1 aromatic heterocycles. The number of furan rings is 1. The van der Waals surface area contributed by atoms with Crippen molar-refractivity contribution in [2.45, 2.75) is 19.4 Å². The van der Waals surface area contributed by atoms with Gasteiger partial charge in [0.15, 0.2) is 5.76 Å². The summed E-state index contributed by atoms with van der Waals surface area (Å²) in [4.78, 5) is 34.9. The van der Waals surface area contributed by atoms with Gasteiger partial charge in [-0.25, -0.2) is 0 Å². The molecule has 3 N–H and O–H groups in total. The molecule has 2 aromatic rings. The zero-order valence-corrected chi connectivity index (χ0v) is 12.5. The number of benzene rings is 1. The molecule has 2 rings (SSSR count). The van der Waals surface area contributed by atoms with E-state index in [0.29, 0.717) is 0 Å². The van der Waals surface area contributed by atoms with Crippen LogP contribution in [0, 0.1) is 0 Å². The van der Waals surface area contributed by atoms with Crippen LogP contribution in [0.2, 0.25) is 0 Å². The van der Waals surface area contributed by atoms with Crippen LogP contribution in [0.3, 0.4) is 0 Å². The van der Waals surface area contributed by atoms with E-state index in [1.807, 2.05) is 30.3 Å². The largest absolute Gasteiger partial charge is 0.459 e. The highest BCUT2D eigenvalue weighted by molar-refractivity contribution is 5.92. The second kappa shape index (κ2) is 7.79. The quantitative estimate of drug-likeness (QED) is 0.724. The number of carbonyl (C=O) groups excluding carboxylic acids is 3. The van der Waals surface area contributed by atoms with Crippen LogP contribution in [0.1, 0.15) is 35.5 Å². The molecule has 23 heavy (non-hydrogen) atoms. The Labute approximate surface area is 133 Å². The molecular formula is C16H17N3O4. The van der Waals surface area contributed by atoms with Gasteiger partial charge < -0.3 is 9.73 Å². The summed E-state index contributed by atoms with van der Waals surface area (Å²) >= 11 is 0. The van der Waals surface area contributed by atoms with Crippen molar-refractivity contribution >= 4 is 17.7 Å². The minimum atomic E-state index is -0.556. The van der Waals surface area contributed by atoms with E-state index < -0.39 is 17.9 Å². The fourth-order valence-corrected chi connectivity index (χ4v) is 2.02. The van der Waals surface area contributed by atoms with Crippen molar-refractivity contribution in [2.75, 3.05) is 0 Å². The molecule has 0 radical (unpaired) electrons. The van der Waals surface area contributed by atoms with E-state index in [2.05, 4.69) is 16.2 Å². The highest BCUT2D eigenvalue weighted by atomic mass is 16.3. The van der Waals surface area contributed by atoms with Crippen molar-refractivity contribution in [2.24, 2.45) is 0 Å². The first-order chi connectivity index (χ1) is 11.1. The molecule has 120 valence electrons. The van der Waals surface area contributed by atoms with Crippen molar-refractivity contribution in [1.82, 2.24) is 16.2 Å². The molecule has 1 aromatic carbocycles. The molecule has 0 unspecified atom stereocenters. The average molecular weight is 315 g/mol. The third-order valence-electron chi connectivity index (χ3n) is 3.03. The van der Waals surface area contributed by atoms with Gasteiger partial charge >= 0.3 is 5.91 Å². The molecule has 0 aliphatic heterocycles. The minimum absolute atomic E-state index is 0.0119. The number of nitrogens with one attached hydrogen (secondary N) is 3. The van der Waals surface area contributed by atoms with E-state index in [1.165, 1.54) is 19.3 Å². The second-order valence-electron chi connectivity index (χ2n) is 4.85. The third-order valence-corrected chi connectivity index (χ3v) is 3.03. The van der Waals surface area contributed by atoms with E-state index in [1.54, 1.807) is 6.07 Å². The fourth-order valence-electron chi connectivity index (χ4n) is 2.02. The Hall–Kier alpha value is -3.09. The number of rotatable bonds is 5. The summed E-state index contributed by atoms with van der Waals surface area (Å²) in [7, 11) is 0. The minimum Gasteiger partial charge on any atom is -0.459 e. The fraction of sp³-hybridized carbons (Fsp3) is 0.188. The topological polar surface area (TPSA) is 100 Å². The first kappa shape index (κ1) is 16.3. The zero-order chi connectivity index (χ0) is 16.7. The van der Waals surface area contributed by atoms with Gasteiger partial charge in [-0.1, -0.05) is 30.3 Å². The lowest BCUT2D eigenvalue weighted by Gasteiger charge is -2.18. The lowest BCUT2D eigenvalue weighted by molar-refractivity contribution is -0.123. The van der Waals surface area contributed by atoms with Gasteiger partial charge in [-0.05, 0) is 17.7 Å². The van der Waals surface area contributed by atoms with Crippen LogP contribution < -0.4 is 16.2 Å². The van der Waals surface area contributed by atoms with E-state index in [-0.39, 0.29) is 18.1 Å². The van der Waals surface area contributed by atoms with E-state index >= 15 is 0 Å². The Bertz CT molecular complexity index is 668. The SMILES string of the molecule is CC(=O)N[C@H](CC(=O)NNC(=O)c1ccco1)c1ccccc1. The van der Waals surface area contributed by atoms with Crippen LogP contribution in [0.5, 0.6) is 0 Å². The third kappa shape index (κ3) is 4.99. The zero-order valence-electron chi connectivity index (χ0n) is 12.5. The van der Waals surface area contributed by atoms with Gasteiger partial charge in [0, 0.05) is 6.92 Å². The lowest BCUT2D eigenvalue weighted by atomic mass is 10.0. The molecule has 0 spiro atoms. The van der Waals surface area contributed by atoms with Crippen molar-refractivity contribution < 1.29 is 18.8 Å². The number of hydrogen-bond acceptors (Lipinski definition) is 4. The molecule has 1 atom stereocenters. The maximum absolute atomic E-state index is 12.0. The first-order valence-corrected chi connectivity index (χ1v) is 7.01. The smallest absolute Gasteiger partial charge is 0.305 e. The lowest BCUT2D eigenvalue weighted by Crippen LogP contribution is -2.43. The summed E-state index contributed by atoms with van der Waals surface area (Å²) in [6.07, 6.45) is 1.35. The average Bonchev–Trinajstić information content (AvgIpc) is 3.07. The van der Waals surface area contributed by atoms with Crippen LogP contribution in [-0.2, 0) is 9.59 Å². The predicted octanol–water partition coefficient (Wildman–Crippen LogP) is 1.31. The molecule has 7 heteroatoms. The Balaban J connectivity index is 1.92. The van der Waals surface area contributed by atoms with Gasteiger partial charge in [0.25, 0.3) is 0 Å². The molecule has 0 saturated heterocycles. The van der Waals surface area contributed by atoms with Crippen molar-refractivity contribution in [1.29, 1.82) is 0 Å². The van der Waals surface area contributed by atoms with Crippen molar-refractivity contribution in [3.8, 4) is 0 Å². The summed E-state index contributed by atoms with van der Waals surface area (Å²) in [5.41, 5.74) is 5.35. The standard InChI is InChI=1S/C16H17N3O4/c1-11(20)17-13(12-6-3-2-4-7-12)10-15(21)18-19-16(22)14-8-5-9-23-14/h2-9,13H,10H2,1H3,(H,17,20)(H,18,21)(H,19,22)/t13-/m1/s1. The van der Waals surface area contributed by atoms with Gasteiger partial charge in [0.2, 0.25) is 11.8 Å². The Kier molecular flexibility index (Phi) is 5.51. The van der Waals surface area contributed by atoms with Crippen LogP contribution in [0.15, 0.2) is 53.1 Å². The summed E-state index contributed by atoms with van der Waals surface area (Å²) in [6.45, 7) is 1.38. The van der Waals surface area contributed by atoms with Gasteiger partial charge in [0.05, 0.1) is 18.7 Å². The normalized spacial score (nSPS) is 11.3. The van der Waals surface area contributed by atoms with Gasteiger partial charge in [0.1, 0.15) is 0 Å². The predicted molar refractivity (Wildman–Crippen MR) is 81.9 cm³/mol. The molecule has 7 nitrogen and oxygen atoms in total. The Morgan fingerprint density at radius 2 is 1.78 bits per heavy atom. The van der Waals surface area contributed by atoms with Crippen molar-refractivity contribution in [3.05, 3.63) is 60.1 Å². The molecule has 0 aliphatic rings. The number of carbonyl (C=O) groups is 3. The maximum atomic E-state index is 12.0. The molecule has 1 heterocycles. The summed E-state index contributed by atoms with van der Waals surface area (Å²) in [6, 6.07) is 11.7. The molecule has 0 bridgehead atoms. The summed E-state index contributed by atoms with van der Waals surface area (Å²) < 4.78 is 4.91. The molecule has 0 aliphatic carbocycles. The van der Waals surface area contributed by atoms with Gasteiger partial charge in [-0.15, -0.1) is 0 Å². The van der Waals surface area contributed by atoms with E-state index in [4.69, 9.17) is 4.42 Å². The monoisotopic (exact) mass is 315 g/mol. The van der Waals surface area contributed by atoms with Crippen LogP contribution in [-0.4, -0.2) is 17.7 Å². The number of amides is 3. The summed E-state index contributed by atoms with van der Waals surface area (Å²) in [5.74, 6) is -1.15. The Morgan fingerprint density at radius 1 is 1.04 bits per heavy atom. The summed E-state index contributed by atoms with van der Waals surface area (Å²) in [5, 5.41) is 2.71. The van der Waals surface area contributed by atoms with Crippen molar-refractivity contribution in [3.63, 3.8) is 0 Å². The molecule has 3 amide bonds. The number of hydrazine groups is 1. The maximum Gasteiger partial charge on any atom is 0.305 e. The Morgan fingerprint density at radius 3 is 2.39 bits per heavy atom. The van der Waals surface area contributed by atoms with Gasteiger partial charge in [-0.3, -0.25) is 25.2 Å². The second-order valence-corrected chi connectivity index (χ2v) is 4.85. The molecule has 0 saturated carbocycles. The van der Waals surface area contributed by atoms with Crippen LogP contribution in [0.4, 0.5) is 0 Å². The first-order valence-electron chi connectivity index (χ1n) is 7.01. The highest BCUT2D eigenvalue weighted by Crippen LogP contribution is 2.16. The van der Waals surface area contributed by atoms with Crippen LogP contribution >= 0.6 is 0 Å². The number of hydrogen-bond donors (Lipinski definition) is 3. The molecular weight excluding hydrogens is 298 g/mol. The van der Waals surface area contributed by atoms with Crippen LogP contribution in [0.25, 0.3) is 0 Å². The highest BCUT2D eigenvalue weighted by Gasteiger charge is 2.17.